The molecule has 2 aromatic rings. The van der Waals surface area contributed by atoms with E-state index in [2.05, 4.69) is 48.1 Å². The summed E-state index contributed by atoms with van der Waals surface area (Å²) in [5.74, 6) is 1.21. The highest BCUT2D eigenvalue weighted by molar-refractivity contribution is 5.55. The van der Waals surface area contributed by atoms with E-state index in [0.717, 1.165) is 31.2 Å². The zero-order chi connectivity index (χ0) is 27.3. The summed E-state index contributed by atoms with van der Waals surface area (Å²) in [7, 11) is 0. The minimum atomic E-state index is -0.966. The van der Waals surface area contributed by atoms with Crippen LogP contribution in [0.2, 0.25) is 0 Å². The van der Waals surface area contributed by atoms with E-state index in [1.165, 1.54) is 63.4 Å². The molecule has 0 aliphatic heterocycles. The molecule has 38 heavy (non-hydrogen) atoms. The van der Waals surface area contributed by atoms with Crippen LogP contribution in [0, 0.1) is 0 Å². The van der Waals surface area contributed by atoms with Crippen LogP contribution in [0.4, 0.5) is 8.78 Å². The molecule has 0 radical (unpaired) electrons. The monoisotopic (exact) mass is 530 g/mol. The van der Waals surface area contributed by atoms with Gasteiger partial charge >= 0.3 is 0 Å². The Labute approximate surface area is 231 Å². The molecule has 0 fully saturated rings. The van der Waals surface area contributed by atoms with Crippen molar-refractivity contribution < 1.29 is 13.5 Å². The summed E-state index contributed by atoms with van der Waals surface area (Å²) in [6.45, 7) is 4.65. The molecule has 1 heterocycles. The Kier molecular flexibility index (Phi) is 17.7. The number of rotatable bonds is 23. The molecular weight excluding hydrogens is 478 g/mol. The average molecular weight is 531 g/mol. The molecule has 1 aromatic heterocycles. The van der Waals surface area contributed by atoms with Crippen LogP contribution in [-0.4, -0.2) is 28.9 Å². The first-order chi connectivity index (χ1) is 18.6. The Morgan fingerprint density at radius 3 is 1.79 bits per heavy atom. The van der Waals surface area contributed by atoms with Gasteiger partial charge in [0, 0.05) is 12.0 Å². The maximum absolute atomic E-state index is 14.1. The average Bonchev–Trinajstić information content (AvgIpc) is 2.93. The van der Waals surface area contributed by atoms with Crippen molar-refractivity contribution in [1.29, 1.82) is 0 Å². The number of halogens is 2. The lowest BCUT2D eigenvalue weighted by Crippen LogP contribution is -2.09. The van der Waals surface area contributed by atoms with Crippen molar-refractivity contribution >= 4 is 0 Å². The van der Waals surface area contributed by atoms with Crippen molar-refractivity contribution in [2.75, 3.05) is 6.61 Å². The van der Waals surface area contributed by atoms with Crippen molar-refractivity contribution in [3.8, 4) is 17.1 Å². The van der Waals surface area contributed by atoms with Crippen molar-refractivity contribution in [2.45, 2.75) is 142 Å². The first-order valence-corrected chi connectivity index (χ1v) is 15.4. The van der Waals surface area contributed by atoms with E-state index in [0.29, 0.717) is 43.7 Å². The number of aromatic nitrogens is 2. The fourth-order valence-corrected chi connectivity index (χ4v) is 4.77. The highest BCUT2D eigenvalue weighted by atomic mass is 19.1. The molecule has 0 aliphatic rings. The molecule has 0 saturated heterocycles. The van der Waals surface area contributed by atoms with Gasteiger partial charge in [-0.05, 0) is 44.1 Å². The fourth-order valence-electron chi connectivity index (χ4n) is 4.77. The Morgan fingerprint density at radius 2 is 1.16 bits per heavy atom. The maximum Gasteiger partial charge on any atom is 0.159 e. The van der Waals surface area contributed by atoms with E-state index in [1.807, 2.05) is 0 Å². The molecule has 2 unspecified atom stereocenters. The van der Waals surface area contributed by atoms with Gasteiger partial charge < -0.3 is 4.74 Å². The van der Waals surface area contributed by atoms with Gasteiger partial charge in [0.25, 0.3) is 0 Å². The predicted molar refractivity (Wildman–Crippen MR) is 156 cm³/mol. The predicted octanol–water partition coefficient (Wildman–Crippen LogP) is 10.4. The normalized spacial score (nSPS) is 12.9. The minimum absolute atomic E-state index is 0.271. The molecule has 1 aromatic carbocycles. The van der Waals surface area contributed by atoms with E-state index in [4.69, 9.17) is 4.74 Å². The summed E-state index contributed by atoms with van der Waals surface area (Å²) < 4.78 is 33.6. The number of unbranched alkanes of at least 4 members (excludes halogenated alkanes) is 10. The molecule has 2 rings (SSSR count). The summed E-state index contributed by atoms with van der Waals surface area (Å²) in [6.07, 6.45) is 20.2. The molecule has 0 bridgehead atoms. The van der Waals surface area contributed by atoms with Crippen molar-refractivity contribution in [2.24, 2.45) is 0 Å². The van der Waals surface area contributed by atoms with E-state index in [-0.39, 0.29) is 6.61 Å². The topological polar surface area (TPSA) is 35.0 Å². The van der Waals surface area contributed by atoms with Gasteiger partial charge in [0.05, 0.1) is 19.0 Å². The molecule has 2 atom stereocenters. The van der Waals surface area contributed by atoms with Gasteiger partial charge in [-0.25, -0.2) is 18.7 Å². The molecule has 214 valence electrons. The number of benzene rings is 1. The fraction of sp³-hybridized carbons (Fsp3) is 0.697. The summed E-state index contributed by atoms with van der Waals surface area (Å²) in [6, 6.07) is 8.51. The van der Waals surface area contributed by atoms with Gasteiger partial charge in [-0.3, -0.25) is 0 Å². The molecule has 0 amide bonds. The van der Waals surface area contributed by atoms with Gasteiger partial charge in [0.2, 0.25) is 0 Å². The molecule has 0 saturated carbocycles. The second-order valence-electron chi connectivity index (χ2n) is 10.8. The minimum Gasteiger partial charge on any atom is -0.490 e. The number of aryl methyl sites for hydroxylation is 1. The smallest absolute Gasteiger partial charge is 0.159 e. The third-order valence-electron chi connectivity index (χ3n) is 7.26. The third kappa shape index (κ3) is 14.8. The van der Waals surface area contributed by atoms with Crippen LogP contribution >= 0.6 is 0 Å². The number of alkyl halides is 2. The van der Waals surface area contributed by atoms with Gasteiger partial charge in [-0.1, -0.05) is 109 Å². The van der Waals surface area contributed by atoms with Crippen LogP contribution in [0.3, 0.4) is 0 Å². The lowest BCUT2D eigenvalue weighted by Gasteiger charge is -2.11. The van der Waals surface area contributed by atoms with Crippen molar-refractivity contribution in [3.63, 3.8) is 0 Å². The van der Waals surface area contributed by atoms with Crippen molar-refractivity contribution in [1.82, 2.24) is 9.97 Å². The van der Waals surface area contributed by atoms with Crippen LogP contribution in [0.5, 0.6) is 5.75 Å². The maximum atomic E-state index is 14.1. The molecule has 3 nitrogen and oxygen atoms in total. The first kappa shape index (κ1) is 32.2. The number of nitrogens with zero attached hydrogens (tertiary/aromatic N) is 2. The SMILES string of the molecule is CCCCCCCCCCCc1ccc(-c2ncc(OCCC(F)CCCC(F)CCCCC)cn2)cc1. The lowest BCUT2D eigenvalue weighted by atomic mass is 10.0. The summed E-state index contributed by atoms with van der Waals surface area (Å²) in [5.41, 5.74) is 2.34. The van der Waals surface area contributed by atoms with Gasteiger partial charge in [0.15, 0.2) is 11.6 Å². The van der Waals surface area contributed by atoms with Crippen LogP contribution in [0.1, 0.15) is 129 Å². The summed E-state index contributed by atoms with van der Waals surface area (Å²) in [5, 5.41) is 0. The largest absolute Gasteiger partial charge is 0.490 e. The second-order valence-corrected chi connectivity index (χ2v) is 10.8. The third-order valence-corrected chi connectivity index (χ3v) is 7.26. The molecule has 5 heteroatoms. The Hall–Kier alpha value is -2.04. The summed E-state index contributed by atoms with van der Waals surface area (Å²) >= 11 is 0. The number of ether oxygens (including phenoxy) is 1. The van der Waals surface area contributed by atoms with Crippen LogP contribution in [0.15, 0.2) is 36.7 Å². The Bertz CT molecular complexity index is 813. The van der Waals surface area contributed by atoms with Crippen LogP contribution in [-0.2, 0) is 6.42 Å². The van der Waals surface area contributed by atoms with E-state index in [1.54, 1.807) is 12.4 Å². The summed E-state index contributed by atoms with van der Waals surface area (Å²) in [4.78, 5) is 8.85. The molecule has 0 spiro atoms. The highest BCUT2D eigenvalue weighted by Gasteiger charge is 2.11. The molecule has 0 aliphatic carbocycles. The van der Waals surface area contributed by atoms with Gasteiger partial charge in [-0.15, -0.1) is 0 Å². The highest BCUT2D eigenvalue weighted by Crippen LogP contribution is 2.20. The second kappa shape index (κ2) is 20.9. The zero-order valence-corrected chi connectivity index (χ0v) is 24.1. The van der Waals surface area contributed by atoms with Gasteiger partial charge in [-0.2, -0.15) is 0 Å². The quantitative estimate of drug-likeness (QED) is 0.134. The number of hydrogen-bond donors (Lipinski definition) is 0. The lowest BCUT2D eigenvalue weighted by molar-refractivity contribution is 0.212. The Morgan fingerprint density at radius 1 is 0.632 bits per heavy atom. The standard InChI is InChI=1S/C33H52F2N2O/c1-3-5-7-8-9-10-11-12-14-16-28-20-22-29(23-21-28)33-36-26-32(27-37-33)38-25-24-31(35)19-15-18-30(34)17-13-6-4-2/h20-23,26-27,30-31H,3-19,24-25H2,1-2H3. The van der Waals surface area contributed by atoms with E-state index in [9.17, 15) is 8.78 Å². The zero-order valence-electron chi connectivity index (χ0n) is 24.1. The number of hydrogen-bond acceptors (Lipinski definition) is 3. The van der Waals surface area contributed by atoms with Crippen LogP contribution < -0.4 is 4.74 Å². The Balaban J connectivity index is 1.59. The van der Waals surface area contributed by atoms with Crippen LogP contribution in [0.25, 0.3) is 11.4 Å². The molecular formula is C33H52F2N2O. The first-order valence-electron chi connectivity index (χ1n) is 15.4. The molecule has 0 N–H and O–H groups in total. The van der Waals surface area contributed by atoms with Gasteiger partial charge in [0.1, 0.15) is 12.3 Å². The van der Waals surface area contributed by atoms with E-state index >= 15 is 0 Å². The van der Waals surface area contributed by atoms with Crippen molar-refractivity contribution in [3.05, 3.63) is 42.2 Å². The van der Waals surface area contributed by atoms with E-state index < -0.39 is 12.3 Å².